The third-order valence-electron chi connectivity index (χ3n) is 4.64. The average molecular weight is 370 g/mol. The van der Waals surface area contributed by atoms with Gasteiger partial charge in [-0.2, -0.15) is 0 Å². The second-order valence-electron chi connectivity index (χ2n) is 6.54. The van der Waals surface area contributed by atoms with Crippen LogP contribution in [0.4, 0.5) is 11.4 Å². The maximum absolute atomic E-state index is 5.62. The Hall–Kier alpha value is -2.27. The Kier molecular flexibility index (Phi) is 6.34. The van der Waals surface area contributed by atoms with Crippen LogP contribution in [0.15, 0.2) is 48.5 Å². The lowest BCUT2D eigenvalue weighted by Crippen LogP contribution is -2.34. The molecule has 1 atom stereocenters. The van der Waals surface area contributed by atoms with E-state index in [1.165, 1.54) is 11.3 Å². The number of anilines is 2. The molecule has 0 spiro atoms. The van der Waals surface area contributed by atoms with Crippen LogP contribution in [-0.4, -0.2) is 30.9 Å². The summed E-state index contributed by atoms with van der Waals surface area (Å²) < 4.78 is 5.62. The summed E-state index contributed by atoms with van der Waals surface area (Å²) in [5, 5.41) is 7.16. The molecule has 26 heavy (non-hydrogen) atoms. The van der Waals surface area contributed by atoms with Gasteiger partial charge in [-0.05, 0) is 62.7 Å². The monoisotopic (exact) mass is 369 g/mol. The van der Waals surface area contributed by atoms with Crippen molar-refractivity contribution in [3.8, 4) is 5.75 Å². The minimum atomic E-state index is 0.565. The van der Waals surface area contributed by atoms with Gasteiger partial charge >= 0.3 is 0 Å². The minimum absolute atomic E-state index is 0.565. The number of hydrogen-bond acceptors (Lipinski definition) is 3. The second-order valence-corrected chi connectivity index (χ2v) is 6.95. The van der Waals surface area contributed by atoms with Crippen LogP contribution < -0.4 is 20.3 Å². The van der Waals surface area contributed by atoms with E-state index in [1.807, 2.05) is 31.2 Å². The molecule has 3 rings (SSSR count). The molecule has 2 aromatic rings. The third-order valence-corrected chi connectivity index (χ3v) is 4.89. The SMILES string of the molecule is CCOc1ccccc1NC(=S)NCCCN1c2ccccc2C[C@H]1C. The molecule has 0 amide bonds. The first-order valence-electron chi connectivity index (χ1n) is 9.30. The molecule has 0 aliphatic carbocycles. The molecule has 0 aromatic heterocycles. The quantitative estimate of drug-likeness (QED) is 0.565. The molecule has 0 saturated heterocycles. The molecular weight excluding hydrogens is 342 g/mol. The lowest BCUT2D eigenvalue weighted by molar-refractivity contribution is 0.342. The molecule has 0 saturated carbocycles. The van der Waals surface area contributed by atoms with Gasteiger partial charge in [0.15, 0.2) is 5.11 Å². The summed E-state index contributed by atoms with van der Waals surface area (Å²) in [6.07, 6.45) is 2.17. The number of benzene rings is 2. The molecule has 4 nitrogen and oxygen atoms in total. The van der Waals surface area contributed by atoms with Crippen LogP contribution in [0.25, 0.3) is 0 Å². The fraction of sp³-hybridized carbons (Fsp3) is 0.381. The van der Waals surface area contributed by atoms with Crippen molar-refractivity contribution in [3.63, 3.8) is 0 Å². The number of fused-ring (bicyclic) bond motifs is 1. The minimum Gasteiger partial charge on any atom is -0.492 e. The lowest BCUT2D eigenvalue weighted by atomic mass is 10.1. The summed E-state index contributed by atoms with van der Waals surface area (Å²) in [6, 6.07) is 17.1. The first-order valence-corrected chi connectivity index (χ1v) is 9.71. The highest BCUT2D eigenvalue weighted by Crippen LogP contribution is 2.31. The van der Waals surface area contributed by atoms with Gasteiger partial charge in [0.1, 0.15) is 5.75 Å². The molecule has 2 aromatic carbocycles. The zero-order chi connectivity index (χ0) is 18.4. The van der Waals surface area contributed by atoms with Crippen LogP contribution >= 0.6 is 12.2 Å². The third kappa shape index (κ3) is 4.47. The molecule has 1 heterocycles. The van der Waals surface area contributed by atoms with E-state index in [0.29, 0.717) is 17.8 Å². The molecule has 0 fully saturated rings. The summed E-state index contributed by atoms with van der Waals surface area (Å²) in [5.74, 6) is 0.821. The first-order chi connectivity index (χ1) is 12.7. The van der Waals surface area contributed by atoms with E-state index in [-0.39, 0.29) is 0 Å². The van der Waals surface area contributed by atoms with E-state index in [9.17, 15) is 0 Å². The predicted octanol–water partition coefficient (Wildman–Crippen LogP) is 4.21. The molecule has 0 bridgehead atoms. The van der Waals surface area contributed by atoms with E-state index < -0.39 is 0 Å². The number of rotatable bonds is 7. The van der Waals surface area contributed by atoms with Crippen molar-refractivity contribution in [1.82, 2.24) is 5.32 Å². The first kappa shape index (κ1) is 18.5. The standard InChI is InChI=1S/C21H27N3OS/c1-3-25-20-12-7-5-10-18(20)23-21(26)22-13-8-14-24-16(2)15-17-9-4-6-11-19(17)24/h4-7,9-12,16H,3,8,13-15H2,1-2H3,(H2,22,23,26)/t16-/m1/s1. The van der Waals surface area contributed by atoms with Gasteiger partial charge in [-0.1, -0.05) is 30.3 Å². The smallest absolute Gasteiger partial charge is 0.170 e. The Morgan fingerprint density at radius 2 is 1.96 bits per heavy atom. The number of para-hydroxylation sites is 3. The van der Waals surface area contributed by atoms with Gasteiger partial charge in [0.25, 0.3) is 0 Å². The van der Waals surface area contributed by atoms with Crippen LogP contribution in [0.5, 0.6) is 5.75 Å². The summed E-state index contributed by atoms with van der Waals surface area (Å²) in [7, 11) is 0. The fourth-order valence-corrected chi connectivity index (χ4v) is 3.65. The zero-order valence-electron chi connectivity index (χ0n) is 15.5. The van der Waals surface area contributed by atoms with E-state index in [1.54, 1.807) is 0 Å². The van der Waals surface area contributed by atoms with Gasteiger partial charge < -0.3 is 20.3 Å². The Bertz CT molecular complexity index is 750. The maximum atomic E-state index is 5.62. The zero-order valence-corrected chi connectivity index (χ0v) is 16.3. The van der Waals surface area contributed by atoms with E-state index >= 15 is 0 Å². The molecule has 2 N–H and O–H groups in total. The molecule has 0 unspecified atom stereocenters. The topological polar surface area (TPSA) is 36.5 Å². The van der Waals surface area contributed by atoms with Gasteiger partial charge in [-0.15, -0.1) is 0 Å². The highest BCUT2D eigenvalue weighted by Gasteiger charge is 2.24. The van der Waals surface area contributed by atoms with E-state index in [2.05, 4.69) is 46.7 Å². The number of hydrogen-bond donors (Lipinski definition) is 2. The number of ether oxygens (including phenoxy) is 1. The normalized spacial score (nSPS) is 15.5. The van der Waals surface area contributed by atoms with E-state index in [0.717, 1.165) is 37.4 Å². The molecule has 0 radical (unpaired) electrons. The Morgan fingerprint density at radius 3 is 2.81 bits per heavy atom. The molecular formula is C21H27N3OS. The lowest BCUT2D eigenvalue weighted by Gasteiger charge is -2.25. The van der Waals surface area contributed by atoms with Crippen molar-refractivity contribution in [2.45, 2.75) is 32.7 Å². The van der Waals surface area contributed by atoms with Crippen molar-refractivity contribution >= 4 is 28.7 Å². The average Bonchev–Trinajstić information content (AvgIpc) is 2.96. The van der Waals surface area contributed by atoms with Crippen molar-refractivity contribution < 1.29 is 4.74 Å². The van der Waals surface area contributed by atoms with Gasteiger partial charge in [0.2, 0.25) is 0 Å². The van der Waals surface area contributed by atoms with Crippen molar-refractivity contribution in [1.29, 1.82) is 0 Å². The summed E-state index contributed by atoms with van der Waals surface area (Å²) in [6.45, 7) is 6.78. The van der Waals surface area contributed by atoms with Gasteiger partial charge in [-0.3, -0.25) is 0 Å². The highest BCUT2D eigenvalue weighted by atomic mass is 32.1. The summed E-state index contributed by atoms with van der Waals surface area (Å²) in [5.41, 5.74) is 3.73. The van der Waals surface area contributed by atoms with Crippen LogP contribution in [0.1, 0.15) is 25.8 Å². The number of nitrogens with one attached hydrogen (secondary N) is 2. The number of thiocarbonyl (C=S) groups is 1. The van der Waals surface area contributed by atoms with Crippen LogP contribution in [0.3, 0.4) is 0 Å². The predicted molar refractivity (Wildman–Crippen MR) is 113 cm³/mol. The van der Waals surface area contributed by atoms with Crippen molar-refractivity contribution in [2.24, 2.45) is 0 Å². The van der Waals surface area contributed by atoms with Gasteiger partial charge in [0.05, 0.1) is 12.3 Å². The van der Waals surface area contributed by atoms with Crippen molar-refractivity contribution in [2.75, 3.05) is 29.9 Å². The van der Waals surface area contributed by atoms with Crippen molar-refractivity contribution in [3.05, 3.63) is 54.1 Å². The van der Waals surface area contributed by atoms with Gasteiger partial charge in [0, 0.05) is 24.8 Å². The molecule has 1 aliphatic rings. The Morgan fingerprint density at radius 1 is 1.19 bits per heavy atom. The maximum Gasteiger partial charge on any atom is 0.170 e. The van der Waals surface area contributed by atoms with Gasteiger partial charge in [-0.25, -0.2) is 0 Å². The molecule has 138 valence electrons. The number of nitrogens with zero attached hydrogens (tertiary/aromatic N) is 1. The Balaban J connectivity index is 1.45. The molecule has 1 aliphatic heterocycles. The van der Waals surface area contributed by atoms with Crippen LogP contribution in [-0.2, 0) is 6.42 Å². The summed E-state index contributed by atoms with van der Waals surface area (Å²) >= 11 is 5.42. The Labute approximate surface area is 161 Å². The largest absolute Gasteiger partial charge is 0.492 e. The summed E-state index contributed by atoms with van der Waals surface area (Å²) in [4.78, 5) is 2.50. The second kappa shape index (κ2) is 8.90. The van der Waals surface area contributed by atoms with Crippen LogP contribution in [0.2, 0.25) is 0 Å². The van der Waals surface area contributed by atoms with Crippen LogP contribution in [0, 0.1) is 0 Å². The van der Waals surface area contributed by atoms with E-state index in [4.69, 9.17) is 17.0 Å². The highest BCUT2D eigenvalue weighted by molar-refractivity contribution is 7.80. The molecule has 5 heteroatoms. The fourth-order valence-electron chi connectivity index (χ4n) is 3.44.